The predicted octanol–water partition coefficient (Wildman–Crippen LogP) is 1.67. The lowest BCUT2D eigenvalue weighted by molar-refractivity contribution is 1.02. The molecular formula is C10H12N4. The number of nitrogens with zero attached hydrogens (tertiary/aromatic N) is 2. The van der Waals surface area contributed by atoms with Gasteiger partial charge in [-0.3, -0.25) is 5.10 Å². The average Bonchev–Trinajstić information content (AvgIpc) is 2.48. The Bertz CT molecular complexity index is 439. The third-order valence-corrected chi connectivity index (χ3v) is 2.24. The van der Waals surface area contributed by atoms with Crippen LogP contribution in [0.1, 0.15) is 11.4 Å². The Morgan fingerprint density at radius 3 is 2.71 bits per heavy atom. The van der Waals surface area contributed by atoms with Crippen LogP contribution in [0.4, 0.5) is 5.82 Å². The minimum absolute atomic E-state index is 0.542. The van der Waals surface area contributed by atoms with E-state index < -0.39 is 0 Å². The molecule has 4 nitrogen and oxygen atoms in total. The number of H-pyrrole nitrogens is 1. The highest BCUT2D eigenvalue weighted by atomic mass is 15.1. The summed E-state index contributed by atoms with van der Waals surface area (Å²) < 4.78 is 0. The van der Waals surface area contributed by atoms with Crippen molar-refractivity contribution in [1.29, 1.82) is 0 Å². The summed E-state index contributed by atoms with van der Waals surface area (Å²) in [5, 5.41) is 7.05. The van der Waals surface area contributed by atoms with Gasteiger partial charge in [-0.15, -0.1) is 0 Å². The number of aromatic nitrogens is 3. The second-order valence-electron chi connectivity index (χ2n) is 3.25. The van der Waals surface area contributed by atoms with Crippen LogP contribution in [0, 0.1) is 13.8 Å². The molecule has 3 N–H and O–H groups in total. The molecule has 4 heteroatoms. The molecule has 0 fully saturated rings. The van der Waals surface area contributed by atoms with Crippen LogP contribution in [0.2, 0.25) is 0 Å². The van der Waals surface area contributed by atoms with E-state index in [4.69, 9.17) is 5.73 Å². The normalized spacial score (nSPS) is 10.4. The second-order valence-corrected chi connectivity index (χ2v) is 3.25. The first kappa shape index (κ1) is 8.74. The second kappa shape index (κ2) is 3.14. The van der Waals surface area contributed by atoms with E-state index in [9.17, 15) is 0 Å². The molecule has 2 aromatic rings. The van der Waals surface area contributed by atoms with Crippen LogP contribution < -0.4 is 5.73 Å². The molecule has 14 heavy (non-hydrogen) atoms. The Labute approximate surface area is 82.2 Å². The van der Waals surface area contributed by atoms with Gasteiger partial charge in [0.05, 0.1) is 5.69 Å². The summed E-state index contributed by atoms with van der Waals surface area (Å²) in [5.74, 6) is 0.542. The molecule has 0 spiro atoms. The standard InChI is InChI=1S/C10H12N4/c1-6-9(7(2)14-13-6)8-4-3-5-12-10(8)11/h3-5H,1-2H3,(H2,11,12)(H,13,14). The van der Waals surface area contributed by atoms with E-state index in [-0.39, 0.29) is 0 Å². The Hall–Kier alpha value is -1.84. The number of aryl methyl sites for hydroxylation is 2. The lowest BCUT2D eigenvalue weighted by Crippen LogP contribution is -1.94. The number of hydrogen-bond acceptors (Lipinski definition) is 3. The quantitative estimate of drug-likeness (QED) is 0.715. The maximum absolute atomic E-state index is 5.80. The van der Waals surface area contributed by atoms with E-state index in [1.807, 2.05) is 26.0 Å². The molecule has 0 radical (unpaired) electrons. The smallest absolute Gasteiger partial charge is 0.131 e. The molecule has 0 aliphatic heterocycles. The molecule has 2 aromatic heterocycles. The van der Waals surface area contributed by atoms with Crippen LogP contribution in [0.3, 0.4) is 0 Å². The summed E-state index contributed by atoms with van der Waals surface area (Å²) in [5.41, 5.74) is 9.75. The number of pyridine rings is 1. The van der Waals surface area contributed by atoms with Gasteiger partial charge in [0.1, 0.15) is 5.82 Å². The monoisotopic (exact) mass is 188 g/mol. The molecule has 72 valence electrons. The zero-order valence-electron chi connectivity index (χ0n) is 8.20. The highest BCUT2D eigenvalue weighted by molar-refractivity contribution is 5.76. The molecule has 0 aromatic carbocycles. The molecule has 0 aliphatic carbocycles. The lowest BCUT2D eigenvalue weighted by atomic mass is 10.1. The number of nitrogens with two attached hydrogens (primary N) is 1. The summed E-state index contributed by atoms with van der Waals surface area (Å²) in [6.45, 7) is 3.92. The molecule has 0 saturated carbocycles. The number of hydrogen-bond donors (Lipinski definition) is 2. The SMILES string of the molecule is Cc1n[nH]c(C)c1-c1cccnc1N. The van der Waals surface area contributed by atoms with Crippen molar-refractivity contribution in [3.05, 3.63) is 29.7 Å². The first-order chi connectivity index (χ1) is 6.70. The summed E-state index contributed by atoms with van der Waals surface area (Å²) in [6.07, 6.45) is 1.68. The molecule has 0 amide bonds. The number of aromatic amines is 1. The maximum Gasteiger partial charge on any atom is 0.131 e. The highest BCUT2D eigenvalue weighted by Gasteiger charge is 2.11. The third-order valence-electron chi connectivity index (χ3n) is 2.24. The highest BCUT2D eigenvalue weighted by Crippen LogP contribution is 2.28. The largest absolute Gasteiger partial charge is 0.383 e. The van der Waals surface area contributed by atoms with Crippen molar-refractivity contribution in [1.82, 2.24) is 15.2 Å². The average molecular weight is 188 g/mol. The van der Waals surface area contributed by atoms with Crippen LogP contribution in [-0.2, 0) is 0 Å². The van der Waals surface area contributed by atoms with Gasteiger partial charge in [-0.1, -0.05) is 0 Å². The molecule has 2 heterocycles. The van der Waals surface area contributed by atoms with Crippen molar-refractivity contribution in [2.45, 2.75) is 13.8 Å². The molecule has 0 atom stereocenters. The van der Waals surface area contributed by atoms with Gasteiger partial charge in [0.2, 0.25) is 0 Å². The lowest BCUT2D eigenvalue weighted by Gasteiger charge is -2.03. The van der Waals surface area contributed by atoms with Crippen LogP contribution in [0.25, 0.3) is 11.1 Å². The van der Waals surface area contributed by atoms with E-state index in [0.29, 0.717) is 5.82 Å². The van der Waals surface area contributed by atoms with Crippen molar-refractivity contribution >= 4 is 5.82 Å². The molecule has 2 rings (SSSR count). The van der Waals surface area contributed by atoms with Gasteiger partial charge in [0.15, 0.2) is 0 Å². The van der Waals surface area contributed by atoms with E-state index in [1.54, 1.807) is 6.20 Å². The topological polar surface area (TPSA) is 67.6 Å². The molecular weight excluding hydrogens is 176 g/mol. The number of anilines is 1. The zero-order chi connectivity index (χ0) is 10.1. The van der Waals surface area contributed by atoms with Crippen molar-refractivity contribution in [2.24, 2.45) is 0 Å². The van der Waals surface area contributed by atoms with Gasteiger partial charge < -0.3 is 5.73 Å². The summed E-state index contributed by atoms with van der Waals surface area (Å²) in [4.78, 5) is 4.05. The van der Waals surface area contributed by atoms with Crippen molar-refractivity contribution in [2.75, 3.05) is 5.73 Å². The predicted molar refractivity (Wildman–Crippen MR) is 55.7 cm³/mol. The van der Waals surface area contributed by atoms with Crippen molar-refractivity contribution in [3.8, 4) is 11.1 Å². The van der Waals surface area contributed by atoms with Crippen molar-refractivity contribution < 1.29 is 0 Å². The minimum Gasteiger partial charge on any atom is -0.383 e. The van der Waals surface area contributed by atoms with Gasteiger partial charge in [-0.2, -0.15) is 5.10 Å². The number of nitrogens with one attached hydrogen (secondary N) is 1. The zero-order valence-corrected chi connectivity index (χ0v) is 8.20. The Balaban J connectivity index is 2.66. The number of rotatable bonds is 1. The van der Waals surface area contributed by atoms with Gasteiger partial charge in [0.25, 0.3) is 0 Å². The minimum atomic E-state index is 0.542. The van der Waals surface area contributed by atoms with E-state index in [2.05, 4.69) is 15.2 Å². The fourth-order valence-electron chi connectivity index (χ4n) is 1.58. The van der Waals surface area contributed by atoms with E-state index in [1.165, 1.54) is 0 Å². The summed E-state index contributed by atoms with van der Waals surface area (Å²) >= 11 is 0. The van der Waals surface area contributed by atoms with E-state index >= 15 is 0 Å². The van der Waals surface area contributed by atoms with Gasteiger partial charge in [0, 0.05) is 23.0 Å². The van der Waals surface area contributed by atoms with Crippen molar-refractivity contribution in [3.63, 3.8) is 0 Å². The van der Waals surface area contributed by atoms with Gasteiger partial charge in [-0.05, 0) is 26.0 Å². The first-order valence-corrected chi connectivity index (χ1v) is 4.42. The molecule has 0 bridgehead atoms. The van der Waals surface area contributed by atoms with E-state index in [0.717, 1.165) is 22.5 Å². The van der Waals surface area contributed by atoms with Gasteiger partial charge >= 0.3 is 0 Å². The molecule has 0 unspecified atom stereocenters. The van der Waals surface area contributed by atoms with Crippen LogP contribution in [0.5, 0.6) is 0 Å². The number of nitrogen functional groups attached to an aromatic ring is 1. The molecule has 0 saturated heterocycles. The molecule has 0 aliphatic rings. The fraction of sp³-hybridized carbons (Fsp3) is 0.200. The Morgan fingerprint density at radius 1 is 1.36 bits per heavy atom. The Morgan fingerprint density at radius 2 is 2.14 bits per heavy atom. The summed E-state index contributed by atoms with van der Waals surface area (Å²) in [6, 6.07) is 3.82. The van der Waals surface area contributed by atoms with Crippen LogP contribution in [-0.4, -0.2) is 15.2 Å². The van der Waals surface area contributed by atoms with Crippen LogP contribution >= 0.6 is 0 Å². The fourth-order valence-corrected chi connectivity index (χ4v) is 1.58. The summed E-state index contributed by atoms with van der Waals surface area (Å²) in [7, 11) is 0. The third kappa shape index (κ3) is 1.25. The van der Waals surface area contributed by atoms with Crippen LogP contribution in [0.15, 0.2) is 18.3 Å². The Kier molecular flexibility index (Phi) is 1.96. The van der Waals surface area contributed by atoms with Gasteiger partial charge in [-0.25, -0.2) is 4.98 Å². The first-order valence-electron chi connectivity index (χ1n) is 4.42. The maximum atomic E-state index is 5.80.